The summed E-state index contributed by atoms with van der Waals surface area (Å²) < 4.78 is 33.3. The molecule has 0 aromatic heterocycles. The summed E-state index contributed by atoms with van der Waals surface area (Å²) in [6, 6.07) is 12.8. The largest absolute Gasteiger partial charge is 0.497 e. The summed E-state index contributed by atoms with van der Waals surface area (Å²) in [6.45, 7) is 7.78. The maximum Gasteiger partial charge on any atom is 0.241 e. The monoisotopic (exact) mass is 418 g/mol. The minimum absolute atomic E-state index is 0.0896. The van der Waals surface area contributed by atoms with Crippen molar-refractivity contribution in [3.05, 3.63) is 59.7 Å². The number of amides is 1. The lowest BCUT2D eigenvalue weighted by atomic mass is 10.0. The molecule has 0 aliphatic heterocycles. The van der Waals surface area contributed by atoms with Gasteiger partial charge in [-0.15, -0.1) is 0 Å². The Morgan fingerprint density at radius 3 is 2.21 bits per heavy atom. The molecule has 29 heavy (non-hydrogen) atoms. The highest BCUT2D eigenvalue weighted by Gasteiger charge is 2.27. The van der Waals surface area contributed by atoms with Gasteiger partial charge in [-0.2, -0.15) is 4.72 Å². The Morgan fingerprint density at radius 1 is 1.03 bits per heavy atom. The second-order valence-corrected chi connectivity index (χ2v) is 9.28. The second-order valence-electron chi connectivity index (χ2n) is 7.57. The number of ether oxygens (including phenoxy) is 1. The number of carbonyl (C=O) groups is 1. The molecule has 0 saturated heterocycles. The number of aryl methyl sites for hydroxylation is 1. The van der Waals surface area contributed by atoms with E-state index in [4.69, 9.17) is 4.74 Å². The average molecular weight is 419 g/mol. The summed E-state index contributed by atoms with van der Waals surface area (Å²) in [4.78, 5) is 13.0. The fraction of sp³-hybridized carbons (Fsp3) is 0.409. The van der Waals surface area contributed by atoms with Crippen molar-refractivity contribution in [1.29, 1.82) is 0 Å². The molecule has 7 heteroatoms. The first kappa shape index (κ1) is 22.9. The van der Waals surface area contributed by atoms with Crippen molar-refractivity contribution >= 4 is 15.9 Å². The summed E-state index contributed by atoms with van der Waals surface area (Å²) in [5.74, 6) is 0.358. The first-order chi connectivity index (χ1) is 13.6. The molecule has 0 bridgehead atoms. The Labute approximate surface area is 173 Å². The van der Waals surface area contributed by atoms with E-state index >= 15 is 0 Å². The fourth-order valence-corrected chi connectivity index (χ4v) is 4.36. The molecule has 2 rings (SSSR count). The van der Waals surface area contributed by atoms with Gasteiger partial charge >= 0.3 is 0 Å². The van der Waals surface area contributed by atoms with Gasteiger partial charge in [-0.25, -0.2) is 8.42 Å². The Morgan fingerprint density at radius 2 is 1.66 bits per heavy atom. The quantitative estimate of drug-likeness (QED) is 0.652. The molecule has 0 aliphatic rings. The number of carbonyl (C=O) groups excluding carboxylic acids is 1. The topological polar surface area (TPSA) is 84.5 Å². The van der Waals surface area contributed by atoms with Gasteiger partial charge in [0, 0.05) is 0 Å². The number of rotatable bonds is 9. The molecule has 2 N–H and O–H groups in total. The lowest BCUT2D eigenvalue weighted by molar-refractivity contribution is -0.123. The normalized spacial score (nSPS) is 13.7. The highest BCUT2D eigenvalue weighted by Crippen LogP contribution is 2.19. The number of nitrogens with one attached hydrogen (secondary N) is 2. The van der Waals surface area contributed by atoms with E-state index in [-0.39, 0.29) is 22.8 Å². The summed E-state index contributed by atoms with van der Waals surface area (Å²) in [5, 5.41) is 2.95. The molecule has 0 heterocycles. The third-order valence-corrected chi connectivity index (χ3v) is 6.19. The Hall–Kier alpha value is -2.38. The van der Waals surface area contributed by atoms with Crippen molar-refractivity contribution < 1.29 is 17.9 Å². The van der Waals surface area contributed by atoms with E-state index in [2.05, 4.69) is 10.0 Å². The summed E-state index contributed by atoms with van der Waals surface area (Å²) >= 11 is 0. The number of hydrogen-bond donors (Lipinski definition) is 2. The summed E-state index contributed by atoms with van der Waals surface area (Å²) in [7, 11) is -2.34. The van der Waals surface area contributed by atoms with Gasteiger partial charge in [-0.1, -0.05) is 38.1 Å². The van der Waals surface area contributed by atoms with Gasteiger partial charge in [0.2, 0.25) is 15.9 Å². The van der Waals surface area contributed by atoms with Crippen molar-refractivity contribution in [3.8, 4) is 5.75 Å². The highest BCUT2D eigenvalue weighted by atomic mass is 32.2. The first-order valence-corrected chi connectivity index (χ1v) is 11.1. The number of sulfonamides is 1. The van der Waals surface area contributed by atoms with Gasteiger partial charge in [-0.05, 0) is 61.6 Å². The van der Waals surface area contributed by atoms with Gasteiger partial charge in [-0.3, -0.25) is 4.79 Å². The molecule has 0 fully saturated rings. The molecule has 0 radical (unpaired) electrons. The van der Waals surface area contributed by atoms with E-state index in [0.29, 0.717) is 12.2 Å². The zero-order chi connectivity index (χ0) is 21.6. The predicted octanol–water partition coefficient (Wildman–Crippen LogP) is 3.57. The Kier molecular flexibility index (Phi) is 7.81. The van der Waals surface area contributed by atoms with Crippen molar-refractivity contribution in [2.24, 2.45) is 5.92 Å². The first-order valence-electron chi connectivity index (χ1n) is 9.66. The lowest BCUT2D eigenvalue weighted by Crippen LogP contribution is -2.47. The van der Waals surface area contributed by atoms with Crippen LogP contribution in [0.25, 0.3) is 0 Å². The molecule has 2 unspecified atom stereocenters. The van der Waals surface area contributed by atoms with Gasteiger partial charge in [0.05, 0.1) is 18.0 Å². The highest BCUT2D eigenvalue weighted by molar-refractivity contribution is 7.89. The van der Waals surface area contributed by atoms with Crippen molar-refractivity contribution in [3.63, 3.8) is 0 Å². The zero-order valence-corrected chi connectivity index (χ0v) is 18.4. The van der Waals surface area contributed by atoms with Crippen LogP contribution in [-0.4, -0.2) is 27.5 Å². The number of hydrogen-bond acceptors (Lipinski definition) is 4. The van der Waals surface area contributed by atoms with Crippen LogP contribution < -0.4 is 14.8 Å². The van der Waals surface area contributed by atoms with Crippen LogP contribution in [0.5, 0.6) is 5.75 Å². The lowest BCUT2D eigenvalue weighted by Gasteiger charge is -2.23. The molecule has 1 amide bonds. The third-order valence-electron chi connectivity index (χ3n) is 4.70. The van der Waals surface area contributed by atoms with Gasteiger partial charge in [0.15, 0.2) is 0 Å². The van der Waals surface area contributed by atoms with E-state index in [0.717, 1.165) is 11.1 Å². The zero-order valence-electron chi connectivity index (χ0n) is 17.6. The Bertz CT molecular complexity index is 924. The van der Waals surface area contributed by atoms with Crippen LogP contribution in [0, 0.1) is 12.8 Å². The van der Waals surface area contributed by atoms with E-state index < -0.39 is 16.1 Å². The van der Waals surface area contributed by atoms with Crippen LogP contribution in [0.15, 0.2) is 53.4 Å². The van der Waals surface area contributed by atoms with Crippen molar-refractivity contribution in [1.82, 2.24) is 10.0 Å². The minimum atomic E-state index is -3.85. The van der Waals surface area contributed by atoms with Gasteiger partial charge in [0.1, 0.15) is 11.8 Å². The minimum Gasteiger partial charge on any atom is -0.497 e. The molecule has 158 valence electrons. The van der Waals surface area contributed by atoms with Gasteiger partial charge in [0.25, 0.3) is 0 Å². The van der Waals surface area contributed by atoms with Crippen LogP contribution >= 0.6 is 0 Å². The van der Waals surface area contributed by atoms with E-state index in [1.807, 2.05) is 52.0 Å². The van der Waals surface area contributed by atoms with E-state index in [1.165, 1.54) is 19.2 Å². The van der Waals surface area contributed by atoms with Crippen LogP contribution in [0.4, 0.5) is 0 Å². The summed E-state index contributed by atoms with van der Waals surface area (Å²) in [5.41, 5.74) is 2.07. The maximum atomic E-state index is 12.9. The second kappa shape index (κ2) is 9.89. The molecule has 2 aromatic carbocycles. The van der Waals surface area contributed by atoms with E-state index in [1.54, 1.807) is 12.1 Å². The molecule has 0 saturated carbocycles. The molecule has 2 aromatic rings. The number of methoxy groups -OCH3 is 1. The smallest absolute Gasteiger partial charge is 0.241 e. The average Bonchev–Trinajstić information content (AvgIpc) is 2.67. The molecule has 2 atom stereocenters. The fourth-order valence-electron chi connectivity index (χ4n) is 3.15. The molecular formula is C22H30N2O4S. The SMILES string of the molecule is COc1ccc(S(=O)(=O)NC(CC(C)C)C(=O)NC(C)c2ccccc2C)cc1. The standard InChI is InChI=1S/C22H30N2O4S/c1-15(2)14-21(22(25)23-17(4)20-9-7-6-8-16(20)3)24-29(26,27)19-12-10-18(28-5)11-13-19/h6-13,15,17,21,24H,14H2,1-5H3,(H,23,25). The third kappa shape index (κ3) is 6.30. The summed E-state index contributed by atoms with van der Waals surface area (Å²) in [6.07, 6.45) is 0.391. The van der Waals surface area contributed by atoms with E-state index in [9.17, 15) is 13.2 Å². The van der Waals surface area contributed by atoms with Crippen molar-refractivity contribution in [2.75, 3.05) is 7.11 Å². The Balaban J connectivity index is 2.19. The predicted molar refractivity (Wildman–Crippen MR) is 114 cm³/mol. The maximum absolute atomic E-state index is 12.9. The van der Waals surface area contributed by atoms with Crippen LogP contribution in [-0.2, 0) is 14.8 Å². The van der Waals surface area contributed by atoms with Crippen LogP contribution in [0.1, 0.15) is 44.4 Å². The van der Waals surface area contributed by atoms with Gasteiger partial charge < -0.3 is 10.1 Å². The number of benzene rings is 2. The molecular weight excluding hydrogens is 388 g/mol. The van der Waals surface area contributed by atoms with Crippen molar-refractivity contribution in [2.45, 2.75) is 51.1 Å². The van der Waals surface area contributed by atoms with Crippen LogP contribution in [0.3, 0.4) is 0 Å². The molecule has 0 spiro atoms. The molecule has 0 aliphatic carbocycles. The molecule has 6 nitrogen and oxygen atoms in total. The van der Waals surface area contributed by atoms with Crippen LogP contribution in [0.2, 0.25) is 0 Å².